The Bertz CT molecular complexity index is 559. The maximum atomic E-state index is 12.8. The molecule has 0 atom stereocenters. The molecule has 5 heteroatoms. The molecule has 4 nitrogen and oxygen atoms in total. The van der Waals surface area contributed by atoms with E-state index in [1.54, 1.807) is 23.1 Å². The van der Waals surface area contributed by atoms with Crippen molar-refractivity contribution in [3.63, 3.8) is 0 Å². The first kappa shape index (κ1) is 13.3. The summed E-state index contributed by atoms with van der Waals surface area (Å²) in [6.45, 7) is 5.05. The van der Waals surface area contributed by atoms with Crippen LogP contribution in [0.5, 0.6) is 0 Å². The molecule has 0 aliphatic heterocycles. The normalized spacial score (nSPS) is 10.5. The van der Waals surface area contributed by atoms with Gasteiger partial charge in [0.25, 0.3) is 5.91 Å². The van der Waals surface area contributed by atoms with E-state index in [9.17, 15) is 9.18 Å². The van der Waals surface area contributed by atoms with Gasteiger partial charge in [0.15, 0.2) is 11.5 Å². The van der Waals surface area contributed by atoms with Crippen molar-refractivity contribution in [3.8, 4) is 11.3 Å². The van der Waals surface area contributed by atoms with Crippen molar-refractivity contribution in [1.29, 1.82) is 0 Å². The van der Waals surface area contributed by atoms with E-state index in [2.05, 4.69) is 5.16 Å². The number of carbonyl (C=O) groups is 1. The molecule has 2 aromatic rings. The molecule has 1 aromatic carbocycles. The van der Waals surface area contributed by atoms with Crippen LogP contribution >= 0.6 is 0 Å². The predicted molar refractivity (Wildman–Crippen MR) is 69.1 cm³/mol. The number of carbonyl (C=O) groups excluding carboxylic acids is 1. The Morgan fingerprint density at radius 2 is 1.89 bits per heavy atom. The second-order valence-electron chi connectivity index (χ2n) is 4.06. The van der Waals surface area contributed by atoms with Crippen LogP contribution in [0.1, 0.15) is 24.3 Å². The monoisotopic (exact) mass is 262 g/mol. The Hall–Kier alpha value is -2.17. The third kappa shape index (κ3) is 2.81. The SMILES string of the molecule is CCN(CC)C(=O)c1cc(-c2ccc(F)cc2)on1. The number of hydrogen-bond donors (Lipinski definition) is 0. The van der Waals surface area contributed by atoms with Gasteiger partial charge in [-0.15, -0.1) is 0 Å². The fourth-order valence-corrected chi connectivity index (χ4v) is 1.80. The highest BCUT2D eigenvalue weighted by molar-refractivity contribution is 5.93. The number of rotatable bonds is 4. The van der Waals surface area contributed by atoms with Crippen molar-refractivity contribution in [2.75, 3.05) is 13.1 Å². The maximum absolute atomic E-state index is 12.8. The van der Waals surface area contributed by atoms with Crippen LogP contribution in [0, 0.1) is 5.82 Å². The minimum atomic E-state index is -0.317. The van der Waals surface area contributed by atoms with Crippen LogP contribution in [0.25, 0.3) is 11.3 Å². The average molecular weight is 262 g/mol. The van der Waals surface area contributed by atoms with Crippen LogP contribution in [0.15, 0.2) is 34.9 Å². The van der Waals surface area contributed by atoms with E-state index in [1.165, 1.54) is 12.1 Å². The topological polar surface area (TPSA) is 46.3 Å². The van der Waals surface area contributed by atoms with Gasteiger partial charge in [-0.3, -0.25) is 4.79 Å². The van der Waals surface area contributed by atoms with Crippen molar-refractivity contribution in [1.82, 2.24) is 10.1 Å². The van der Waals surface area contributed by atoms with Crippen LogP contribution in [0.2, 0.25) is 0 Å². The maximum Gasteiger partial charge on any atom is 0.276 e. The number of amides is 1. The van der Waals surface area contributed by atoms with Crippen LogP contribution < -0.4 is 0 Å². The molecule has 1 amide bonds. The second kappa shape index (κ2) is 5.65. The highest BCUT2D eigenvalue weighted by Gasteiger charge is 2.17. The largest absolute Gasteiger partial charge is 0.355 e. The molecule has 19 heavy (non-hydrogen) atoms. The third-order valence-corrected chi connectivity index (χ3v) is 2.91. The zero-order valence-corrected chi connectivity index (χ0v) is 10.9. The Labute approximate surface area is 110 Å². The first-order valence-electron chi connectivity index (χ1n) is 6.17. The highest BCUT2D eigenvalue weighted by atomic mass is 19.1. The summed E-state index contributed by atoms with van der Waals surface area (Å²) in [6.07, 6.45) is 0. The summed E-state index contributed by atoms with van der Waals surface area (Å²) in [5.74, 6) is -0.0275. The molecule has 0 fully saturated rings. The van der Waals surface area contributed by atoms with Crippen molar-refractivity contribution in [3.05, 3.63) is 41.8 Å². The molecule has 0 aliphatic carbocycles. The second-order valence-corrected chi connectivity index (χ2v) is 4.06. The molecule has 0 N–H and O–H groups in total. The van der Waals surface area contributed by atoms with Gasteiger partial charge in [0.05, 0.1) is 0 Å². The van der Waals surface area contributed by atoms with Gasteiger partial charge in [0.2, 0.25) is 0 Å². The number of nitrogens with zero attached hydrogens (tertiary/aromatic N) is 2. The van der Waals surface area contributed by atoms with Crippen molar-refractivity contribution < 1.29 is 13.7 Å². The van der Waals surface area contributed by atoms with Crippen molar-refractivity contribution in [2.45, 2.75) is 13.8 Å². The molecule has 0 saturated heterocycles. The van der Waals surface area contributed by atoms with E-state index in [-0.39, 0.29) is 17.4 Å². The summed E-state index contributed by atoms with van der Waals surface area (Å²) >= 11 is 0. The number of aromatic nitrogens is 1. The molecule has 100 valence electrons. The molecule has 2 rings (SSSR count). The smallest absolute Gasteiger partial charge is 0.276 e. The lowest BCUT2D eigenvalue weighted by molar-refractivity contribution is 0.0762. The highest BCUT2D eigenvalue weighted by Crippen LogP contribution is 2.21. The van der Waals surface area contributed by atoms with Crippen molar-refractivity contribution >= 4 is 5.91 Å². The molecule has 1 aromatic heterocycles. The Morgan fingerprint density at radius 1 is 1.26 bits per heavy atom. The van der Waals surface area contributed by atoms with Gasteiger partial charge >= 0.3 is 0 Å². The Kier molecular flexibility index (Phi) is 3.94. The summed E-state index contributed by atoms with van der Waals surface area (Å²) in [4.78, 5) is 13.7. The average Bonchev–Trinajstić information content (AvgIpc) is 2.90. The van der Waals surface area contributed by atoms with E-state index in [0.717, 1.165) is 0 Å². The van der Waals surface area contributed by atoms with E-state index >= 15 is 0 Å². The Balaban J connectivity index is 2.23. The van der Waals surface area contributed by atoms with Gasteiger partial charge < -0.3 is 9.42 Å². The van der Waals surface area contributed by atoms with E-state index < -0.39 is 0 Å². The molecular weight excluding hydrogens is 247 g/mol. The van der Waals surface area contributed by atoms with Gasteiger partial charge in [-0.1, -0.05) is 5.16 Å². The first-order valence-corrected chi connectivity index (χ1v) is 6.17. The minimum absolute atomic E-state index is 0.165. The van der Waals surface area contributed by atoms with E-state index in [0.29, 0.717) is 24.4 Å². The predicted octanol–water partition coefficient (Wildman–Crippen LogP) is 2.96. The van der Waals surface area contributed by atoms with Crippen LogP contribution in [0.4, 0.5) is 4.39 Å². The van der Waals surface area contributed by atoms with E-state index in [4.69, 9.17) is 4.52 Å². The standard InChI is InChI=1S/C14H15FN2O2/c1-3-17(4-2)14(18)12-9-13(19-16-12)10-5-7-11(15)8-6-10/h5-9H,3-4H2,1-2H3. The van der Waals surface area contributed by atoms with E-state index in [1.807, 2.05) is 13.8 Å². The third-order valence-electron chi connectivity index (χ3n) is 2.91. The Morgan fingerprint density at radius 3 is 2.47 bits per heavy atom. The summed E-state index contributed by atoms with van der Waals surface area (Å²) in [6, 6.07) is 7.42. The van der Waals surface area contributed by atoms with Crippen molar-refractivity contribution in [2.24, 2.45) is 0 Å². The van der Waals surface area contributed by atoms with Gasteiger partial charge in [-0.2, -0.15) is 0 Å². The lowest BCUT2D eigenvalue weighted by atomic mass is 10.1. The minimum Gasteiger partial charge on any atom is -0.355 e. The summed E-state index contributed by atoms with van der Waals surface area (Å²) in [5.41, 5.74) is 0.954. The van der Waals surface area contributed by atoms with Crippen LogP contribution in [-0.4, -0.2) is 29.1 Å². The van der Waals surface area contributed by atoms with Gasteiger partial charge in [-0.25, -0.2) is 4.39 Å². The molecular formula is C14H15FN2O2. The molecule has 0 radical (unpaired) electrons. The summed E-state index contributed by atoms with van der Waals surface area (Å²) in [5, 5.41) is 3.77. The molecule has 0 saturated carbocycles. The van der Waals surface area contributed by atoms with Gasteiger partial charge in [-0.05, 0) is 38.1 Å². The van der Waals surface area contributed by atoms with Crippen LogP contribution in [-0.2, 0) is 0 Å². The van der Waals surface area contributed by atoms with Gasteiger partial charge in [0, 0.05) is 24.7 Å². The quantitative estimate of drug-likeness (QED) is 0.851. The number of benzene rings is 1. The molecule has 0 aliphatic rings. The zero-order valence-electron chi connectivity index (χ0n) is 10.9. The fraction of sp³-hybridized carbons (Fsp3) is 0.286. The first-order chi connectivity index (χ1) is 9.15. The molecule has 0 unspecified atom stereocenters. The lowest BCUT2D eigenvalue weighted by Gasteiger charge is -2.16. The van der Waals surface area contributed by atoms with Gasteiger partial charge in [0.1, 0.15) is 5.82 Å². The molecule has 0 bridgehead atoms. The van der Waals surface area contributed by atoms with Crippen LogP contribution in [0.3, 0.4) is 0 Å². The lowest BCUT2D eigenvalue weighted by Crippen LogP contribution is -2.30. The summed E-state index contributed by atoms with van der Waals surface area (Å²) < 4.78 is 18.0. The summed E-state index contributed by atoms with van der Waals surface area (Å²) in [7, 11) is 0. The number of hydrogen-bond acceptors (Lipinski definition) is 3. The number of halogens is 1. The fourth-order valence-electron chi connectivity index (χ4n) is 1.80. The molecule has 1 heterocycles. The molecule has 0 spiro atoms. The zero-order chi connectivity index (χ0) is 13.8.